The molecule has 2 aromatic carbocycles. The first-order chi connectivity index (χ1) is 13.1. The lowest BCUT2D eigenvalue weighted by molar-refractivity contribution is -0.143. The summed E-state index contributed by atoms with van der Waals surface area (Å²) in [7, 11) is 0. The second kappa shape index (κ2) is 7.76. The van der Waals surface area contributed by atoms with Gasteiger partial charge >= 0.3 is 12.1 Å². The van der Waals surface area contributed by atoms with Crippen molar-refractivity contribution < 1.29 is 23.1 Å². The minimum absolute atomic E-state index is 0.368. The van der Waals surface area contributed by atoms with Crippen molar-refractivity contribution in [3.63, 3.8) is 0 Å². The third kappa shape index (κ3) is 4.03. The molecule has 1 N–H and O–H groups in total. The van der Waals surface area contributed by atoms with Gasteiger partial charge in [-0.15, -0.1) is 0 Å². The fraction of sp³-hybridized carbons (Fsp3) is 0.381. The molecule has 1 saturated heterocycles. The molecule has 0 aromatic heterocycles. The second-order valence-electron chi connectivity index (χ2n) is 7.23. The lowest BCUT2D eigenvalue weighted by atomic mass is 9.91. The van der Waals surface area contributed by atoms with Crippen LogP contribution < -0.4 is 0 Å². The van der Waals surface area contributed by atoms with Gasteiger partial charge in [-0.25, -0.2) is 0 Å². The summed E-state index contributed by atoms with van der Waals surface area (Å²) < 4.78 is 40.3. The topological polar surface area (TPSA) is 40.5 Å². The first kappa shape index (κ1) is 20.7. The maximum atomic E-state index is 13.4. The van der Waals surface area contributed by atoms with Crippen LogP contribution in [-0.4, -0.2) is 28.6 Å². The molecule has 0 saturated carbocycles. The highest BCUT2D eigenvalue weighted by Crippen LogP contribution is 2.41. The van der Waals surface area contributed by atoms with E-state index in [-0.39, 0.29) is 5.02 Å². The van der Waals surface area contributed by atoms with Crippen molar-refractivity contribution in [1.29, 1.82) is 0 Å². The highest BCUT2D eigenvalue weighted by Gasteiger charge is 2.39. The zero-order valence-corrected chi connectivity index (χ0v) is 16.3. The van der Waals surface area contributed by atoms with E-state index in [1.807, 2.05) is 32.0 Å². The lowest BCUT2D eigenvalue weighted by Crippen LogP contribution is -2.39. The summed E-state index contributed by atoms with van der Waals surface area (Å²) in [5, 5.41) is 9.27. The van der Waals surface area contributed by atoms with Crippen LogP contribution in [0.1, 0.15) is 46.7 Å². The number of hydrogen-bond acceptors (Lipinski definition) is 2. The molecule has 7 heteroatoms. The van der Waals surface area contributed by atoms with Gasteiger partial charge in [0.15, 0.2) is 0 Å². The first-order valence-electron chi connectivity index (χ1n) is 9.02. The Morgan fingerprint density at radius 3 is 2.57 bits per heavy atom. The minimum Gasteiger partial charge on any atom is -0.480 e. The van der Waals surface area contributed by atoms with Crippen molar-refractivity contribution in [2.75, 3.05) is 6.54 Å². The number of halogens is 4. The fourth-order valence-corrected chi connectivity index (χ4v) is 4.12. The molecule has 1 fully saturated rings. The normalized spacial score (nSPS) is 19.0. The van der Waals surface area contributed by atoms with Crippen molar-refractivity contribution in [2.45, 2.75) is 44.9 Å². The van der Waals surface area contributed by atoms with Crippen LogP contribution in [0.3, 0.4) is 0 Å². The molecule has 0 spiro atoms. The number of carboxylic acid groups (broad SMARTS) is 1. The van der Waals surface area contributed by atoms with E-state index in [0.29, 0.717) is 24.9 Å². The van der Waals surface area contributed by atoms with E-state index < -0.39 is 29.8 Å². The zero-order valence-electron chi connectivity index (χ0n) is 15.6. The summed E-state index contributed by atoms with van der Waals surface area (Å²) in [6.07, 6.45) is -3.44. The van der Waals surface area contributed by atoms with Crippen molar-refractivity contribution in [3.8, 4) is 0 Å². The SMILES string of the molecule is Cc1ccc(C)c(C(c2ccc(Cl)c(C(F)(F)F)c2)N2CCCC2C(=O)O)c1. The van der Waals surface area contributed by atoms with Gasteiger partial charge in [-0.3, -0.25) is 9.69 Å². The molecule has 2 unspecified atom stereocenters. The van der Waals surface area contributed by atoms with E-state index in [1.165, 1.54) is 6.07 Å². The van der Waals surface area contributed by atoms with E-state index >= 15 is 0 Å². The summed E-state index contributed by atoms with van der Waals surface area (Å²) in [6.45, 7) is 4.29. The number of benzene rings is 2. The highest BCUT2D eigenvalue weighted by atomic mass is 35.5. The molecular weight excluding hydrogens is 391 g/mol. The smallest absolute Gasteiger partial charge is 0.417 e. The Balaban J connectivity index is 2.20. The van der Waals surface area contributed by atoms with E-state index in [0.717, 1.165) is 22.8 Å². The number of hydrogen-bond donors (Lipinski definition) is 1. The average Bonchev–Trinajstić information content (AvgIpc) is 3.08. The molecule has 0 amide bonds. The van der Waals surface area contributed by atoms with Gasteiger partial charge in [0, 0.05) is 6.54 Å². The van der Waals surface area contributed by atoms with Crippen LogP contribution >= 0.6 is 11.6 Å². The molecule has 1 heterocycles. The number of carboxylic acids is 1. The number of carbonyl (C=O) groups is 1. The molecule has 1 aliphatic heterocycles. The van der Waals surface area contributed by atoms with E-state index in [2.05, 4.69) is 0 Å². The standard InChI is InChI=1S/C21H21ClF3NO2/c1-12-5-6-13(2)15(10-12)19(26-9-3-4-18(26)20(27)28)14-7-8-17(22)16(11-14)21(23,24)25/h5-8,10-11,18-19H,3-4,9H2,1-2H3,(H,27,28). The van der Waals surface area contributed by atoms with Crippen LogP contribution in [0.5, 0.6) is 0 Å². The number of likely N-dealkylation sites (tertiary alicyclic amines) is 1. The largest absolute Gasteiger partial charge is 0.480 e. The van der Waals surface area contributed by atoms with Crippen LogP contribution in [0.2, 0.25) is 5.02 Å². The monoisotopic (exact) mass is 411 g/mol. The van der Waals surface area contributed by atoms with Crippen molar-refractivity contribution >= 4 is 17.6 Å². The Hall–Kier alpha value is -2.05. The minimum atomic E-state index is -4.59. The Morgan fingerprint density at radius 2 is 1.93 bits per heavy atom. The van der Waals surface area contributed by atoms with Gasteiger partial charge in [-0.2, -0.15) is 13.2 Å². The average molecular weight is 412 g/mol. The summed E-state index contributed by atoms with van der Waals surface area (Å²) in [6, 6.07) is 8.26. The molecule has 3 rings (SSSR count). The number of aryl methyl sites for hydroxylation is 2. The predicted molar refractivity (Wildman–Crippen MR) is 102 cm³/mol. The maximum absolute atomic E-state index is 13.4. The molecule has 28 heavy (non-hydrogen) atoms. The number of nitrogens with zero attached hydrogens (tertiary/aromatic N) is 1. The molecule has 1 aliphatic rings. The van der Waals surface area contributed by atoms with Gasteiger partial charge in [-0.1, -0.05) is 41.4 Å². The highest BCUT2D eigenvalue weighted by molar-refractivity contribution is 6.31. The van der Waals surface area contributed by atoms with Crippen LogP contribution in [0.4, 0.5) is 13.2 Å². The van der Waals surface area contributed by atoms with Crippen molar-refractivity contribution in [1.82, 2.24) is 4.90 Å². The summed E-state index contributed by atoms with van der Waals surface area (Å²) in [4.78, 5) is 13.6. The molecule has 0 bridgehead atoms. The Bertz CT molecular complexity index is 898. The van der Waals surface area contributed by atoms with Crippen molar-refractivity contribution in [2.24, 2.45) is 0 Å². The Kier molecular flexibility index (Phi) is 5.73. The Labute approximate surface area is 166 Å². The summed E-state index contributed by atoms with van der Waals surface area (Å²) >= 11 is 5.80. The predicted octanol–water partition coefficient (Wildman–Crippen LogP) is 5.61. The van der Waals surface area contributed by atoms with E-state index in [4.69, 9.17) is 11.6 Å². The van der Waals surface area contributed by atoms with Crippen LogP contribution in [0.15, 0.2) is 36.4 Å². The van der Waals surface area contributed by atoms with Crippen molar-refractivity contribution in [3.05, 3.63) is 69.2 Å². The van der Waals surface area contributed by atoms with Gasteiger partial charge in [0.2, 0.25) is 0 Å². The number of alkyl halides is 3. The second-order valence-corrected chi connectivity index (χ2v) is 7.64. The van der Waals surface area contributed by atoms with Gasteiger partial charge in [0.05, 0.1) is 16.6 Å². The van der Waals surface area contributed by atoms with Gasteiger partial charge in [0.25, 0.3) is 0 Å². The van der Waals surface area contributed by atoms with Gasteiger partial charge in [0.1, 0.15) is 6.04 Å². The fourth-order valence-electron chi connectivity index (χ4n) is 3.90. The van der Waals surface area contributed by atoms with Gasteiger partial charge in [-0.05, 0) is 55.5 Å². The molecule has 2 atom stereocenters. The third-order valence-electron chi connectivity index (χ3n) is 5.25. The van der Waals surface area contributed by atoms with Crippen LogP contribution in [-0.2, 0) is 11.0 Å². The van der Waals surface area contributed by atoms with Gasteiger partial charge < -0.3 is 5.11 Å². The number of rotatable bonds is 4. The number of aliphatic carboxylic acids is 1. The molecule has 150 valence electrons. The molecular formula is C21H21ClF3NO2. The summed E-state index contributed by atoms with van der Waals surface area (Å²) in [5.74, 6) is -0.960. The molecule has 3 nitrogen and oxygen atoms in total. The molecule has 2 aromatic rings. The van der Waals surface area contributed by atoms with E-state index in [1.54, 1.807) is 11.0 Å². The molecule has 0 aliphatic carbocycles. The molecule has 0 radical (unpaired) electrons. The van der Waals surface area contributed by atoms with Crippen LogP contribution in [0, 0.1) is 13.8 Å². The zero-order chi connectivity index (χ0) is 20.6. The van der Waals surface area contributed by atoms with Crippen LogP contribution in [0.25, 0.3) is 0 Å². The third-order valence-corrected chi connectivity index (χ3v) is 5.58. The quantitative estimate of drug-likeness (QED) is 0.710. The lowest BCUT2D eigenvalue weighted by Gasteiger charge is -2.33. The summed E-state index contributed by atoms with van der Waals surface area (Å²) in [5.41, 5.74) is 2.15. The maximum Gasteiger partial charge on any atom is 0.417 e. The first-order valence-corrected chi connectivity index (χ1v) is 9.39. The Morgan fingerprint density at radius 1 is 1.21 bits per heavy atom. The van der Waals surface area contributed by atoms with E-state index in [9.17, 15) is 23.1 Å².